The van der Waals surface area contributed by atoms with Gasteiger partial charge in [0.05, 0.1) is 0 Å². The van der Waals surface area contributed by atoms with Crippen molar-refractivity contribution in [3.05, 3.63) is 89.0 Å². The normalized spacial score (nSPS) is 12.1. The fourth-order valence-electron chi connectivity index (χ4n) is 4.64. The van der Waals surface area contributed by atoms with Crippen LogP contribution >= 0.6 is 0 Å². The molecule has 0 radical (unpaired) electrons. The molecule has 0 heterocycles. The summed E-state index contributed by atoms with van der Waals surface area (Å²) in [4.78, 5) is 0. The maximum absolute atomic E-state index is 6.46. The molecule has 3 nitrogen and oxygen atoms in total. The molecule has 0 unspecified atom stereocenters. The SMILES string of the molecule is CCC(CC)(Cc1ccc(N)cc1)c1ccc(N)c(CC(C)(C)c2ccc(N)cc2)c1. The largest absolute Gasteiger partial charge is 0.399 e. The lowest BCUT2D eigenvalue weighted by atomic mass is 9.70. The summed E-state index contributed by atoms with van der Waals surface area (Å²) in [7, 11) is 0. The van der Waals surface area contributed by atoms with Gasteiger partial charge in [0, 0.05) is 17.1 Å². The van der Waals surface area contributed by atoms with E-state index >= 15 is 0 Å². The van der Waals surface area contributed by atoms with Gasteiger partial charge in [-0.2, -0.15) is 0 Å². The van der Waals surface area contributed by atoms with E-state index in [1.807, 2.05) is 24.3 Å². The minimum atomic E-state index is -0.0432. The Bertz CT molecular complexity index is 997. The topological polar surface area (TPSA) is 78.1 Å². The van der Waals surface area contributed by atoms with E-state index in [9.17, 15) is 0 Å². The molecule has 0 bridgehead atoms. The Morgan fingerprint density at radius 2 is 1.16 bits per heavy atom. The number of nitrogen functional groups attached to an aromatic ring is 3. The van der Waals surface area contributed by atoms with Crippen molar-refractivity contribution in [2.45, 2.75) is 64.2 Å². The third-order valence-electron chi connectivity index (χ3n) is 6.96. The third kappa shape index (κ3) is 5.04. The minimum absolute atomic E-state index is 0.0432. The van der Waals surface area contributed by atoms with Gasteiger partial charge in [0.1, 0.15) is 0 Å². The molecule has 31 heavy (non-hydrogen) atoms. The van der Waals surface area contributed by atoms with Gasteiger partial charge in [0.2, 0.25) is 0 Å². The van der Waals surface area contributed by atoms with E-state index in [1.54, 1.807) is 0 Å². The lowest BCUT2D eigenvalue weighted by molar-refractivity contribution is 0.392. The van der Waals surface area contributed by atoms with Crippen LogP contribution in [0, 0.1) is 0 Å². The molecule has 3 heteroatoms. The van der Waals surface area contributed by atoms with E-state index in [-0.39, 0.29) is 10.8 Å². The smallest absolute Gasteiger partial charge is 0.0347 e. The average molecular weight is 416 g/mol. The predicted molar refractivity (Wildman–Crippen MR) is 135 cm³/mol. The van der Waals surface area contributed by atoms with Gasteiger partial charge >= 0.3 is 0 Å². The zero-order chi connectivity index (χ0) is 22.6. The highest BCUT2D eigenvalue weighted by molar-refractivity contribution is 5.52. The molecule has 0 aliphatic heterocycles. The molecule has 0 aliphatic carbocycles. The fourth-order valence-corrected chi connectivity index (χ4v) is 4.64. The molecule has 0 spiro atoms. The van der Waals surface area contributed by atoms with Crippen LogP contribution in [0.3, 0.4) is 0 Å². The monoisotopic (exact) mass is 415 g/mol. The molecular weight excluding hydrogens is 378 g/mol. The van der Waals surface area contributed by atoms with Crippen molar-refractivity contribution in [1.82, 2.24) is 0 Å². The van der Waals surface area contributed by atoms with Gasteiger partial charge in [0.25, 0.3) is 0 Å². The average Bonchev–Trinajstić information content (AvgIpc) is 2.75. The summed E-state index contributed by atoms with van der Waals surface area (Å²) in [6.07, 6.45) is 4.00. The molecule has 3 aromatic carbocycles. The molecule has 0 atom stereocenters. The molecule has 0 saturated carbocycles. The summed E-state index contributed by atoms with van der Waals surface area (Å²) in [5.41, 5.74) is 25.9. The standard InChI is InChI=1S/C28H37N3/c1-5-28(6-2,18-20-7-12-24(29)13-8-20)23-11-16-26(31)21(17-23)19-27(3,4)22-9-14-25(30)15-10-22/h7-17H,5-6,18-19,29-31H2,1-4H3. The Hall–Kier alpha value is -2.94. The van der Waals surface area contributed by atoms with Crippen LogP contribution in [-0.4, -0.2) is 0 Å². The molecule has 3 aromatic rings. The van der Waals surface area contributed by atoms with Crippen LogP contribution in [0.25, 0.3) is 0 Å². The van der Waals surface area contributed by atoms with Crippen molar-refractivity contribution in [3.8, 4) is 0 Å². The zero-order valence-corrected chi connectivity index (χ0v) is 19.4. The first-order valence-corrected chi connectivity index (χ1v) is 11.3. The van der Waals surface area contributed by atoms with Crippen LogP contribution in [0.5, 0.6) is 0 Å². The highest BCUT2D eigenvalue weighted by Crippen LogP contribution is 2.38. The van der Waals surface area contributed by atoms with Crippen LogP contribution in [0.15, 0.2) is 66.7 Å². The maximum atomic E-state index is 6.46. The van der Waals surface area contributed by atoms with Gasteiger partial charge in [-0.3, -0.25) is 0 Å². The van der Waals surface area contributed by atoms with E-state index in [0.29, 0.717) is 0 Å². The second-order valence-corrected chi connectivity index (χ2v) is 9.50. The van der Waals surface area contributed by atoms with Gasteiger partial charge < -0.3 is 17.2 Å². The van der Waals surface area contributed by atoms with Gasteiger partial charge in [-0.05, 0) is 89.1 Å². The summed E-state index contributed by atoms with van der Waals surface area (Å²) in [6.45, 7) is 9.11. The highest BCUT2D eigenvalue weighted by atomic mass is 14.6. The van der Waals surface area contributed by atoms with Crippen LogP contribution in [0.4, 0.5) is 17.1 Å². The molecule has 0 aromatic heterocycles. The Morgan fingerprint density at radius 1 is 0.645 bits per heavy atom. The molecule has 0 saturated heterocycles. The second kappa shape index (κ2) is 9.05. The fraction of sp³-hybridized carbons (Fsp3) is 0.357. The van der Waals surface area contributed by atoms with Crippen molar-refractivity contribution < 1.29 is 0 Å². The van der Waals surface area contributed by atoms with Crippen molar-refractivity contribution in [1.29, 1.82) is 0 Å². The molecule has 0 amide bonds. The summed E-state index contributed by atoms with van der Waals surface area (Å²) in [5, 5.41) is 0. The molecule has 0 aliphatic rings. The summed E-state index contributed by atoms with van der Waals surface area (Å²) >= 11 is 0. The van der Waals surface area contributed by atoms with Crippen molar-refractivity contribution in [2.75, 3.05) is 17.2 Å². The molecule has 3 rings (SSSR count). The summed E-state index contributed by atoms with van der Waals surface area (Å²) in [5.74, 6) is 0. The number of rotatable bonds is 8. The molecular formula is C28H37N3. The van der Waals surface area contributed by atoms with E-state index in [4.69, 9.17) is 17.2 Å². The van der Waals surface area contributed by atoms with Crippen molar-refractivity contribution >= 4 is 17.1 Å². The predicted octanol–water partition coefficient (Wildman–Crippen LogP) is 6.25. The zero-order valence-electron chi connectivity index (χ0n) is 19.4. The molecule has 0 fully saturated rings. The quantitative estimate of drug-likeness (QED) is 0.380. The van der Waals surface area contributed by atoms with Crippen molar-refractivity contribution in [2.24, 2.45) is 0 Å². The Labute approximate surface area is 187 Å². The Kier molecular flexibility index (Phi) is 6.64. The van der Waals surface area contributed by atoms with Crippen LogP contribution in [-0.2, 0) is 23.7 Å². The number of anilines is 3. The van der Waals surface area contributed by atoms with E-state index < -0.39 is 0 Å². The first kappa shape index (κ1) is 22.7. The van der Waals surface area contributed by atoms with Crippen LogP contribution < -0.4 is 17.2 Å². The Morgan fingerprint density at radius 3 is 1.71 bits per heavy atom. The first-order valence-electron chi connectivity index (χ1n) is 11.3. The van der Waals surface area contributed by atoms with Gasteiger partial charge in [0.15, 0.2) is 0 Å². The molecule has 164 valence electrons. The lowest BCUT2D eigenvalue weighted by Gasteiger charge is -2.34. The second-order valence-electron chi connectivity index (χ2n) is 9.50. The van der Waals surface area contributed by atoms with E-state index in [0.717, 1.165) is 42.7 Å². The molecule has 6 N–H and O–H groups in total. The van der Waals surface area contributed by atoms with Gasteiger partial charge in [-0.15, -0.1) is 0 Å². The third-order valence-corrected chi connectivity index (χ3v) is 6.96. The summed E-state index contributed by atoms with van der Waals surface area (Å²) in [6, 6.07) is 23.1. The van der Waals surface area contributed by atoms with E-state index in [1.165, 1.54) is 22.3 Å². The lowest BCUT2D eigenvalue weighted by Crippen LogP contribution is -2.28. The van der Waals surface area contributed by atoms with Gasteiger partial charge in [-0.1, -0.05) is 64.1 Å². The number of benzene rings is 3. The minimum Gasteiger partial charge on any atom is -0.399 e. The maximum Gasteiger partial charge on any atom is 0.0347 e. The summed E-state index contributed by atoms with van der Waals surface area (Å²) < 4.78 is 0. The van der Waals surface area contributed by atoms with Crippen LogP contribution in [0.1, 0.15) is 62.8 Å². The van der Waals surface area contributed by atoms with E-state index in [2.05, 4.69) is 70.2 Å². The van der Waals surface area contributed by atoms with Gasteiger partial charge in [-0.25, -0.2) is 0 Å². The Balaban J connectivity index is 1.95. The highest BCUT2D eigenvalue weighted by Gasteiger charge is 2.30. The number of nitrogens with two attached hydrogens (primary N) is 3. The van der Waals surface area contributed by atoms with Crippen molar-refractivity contribution in [3.63, 3.8) is 0 Å². The number of hydrogen-bond acceptors (Lipinski definition) is 3. The first-order chi connectivity index (χ1) is 14.7. The number of hydrogen-bond donors (Lipinski definition) is 3. The van der Waals surface area contributed by atoms with Crippen LogP contribution in [0.2, 0.25) is 0 Å².